The summed E-state index contributed by atoms with van der Waals surface area (Å²) in [5.74, 6) is 7.95. The van der Waals surface area contributed by atoms with Crippen LogP contribution in [0.5, 0.6) is 0 Å². The Labute approximate surface area is 126 Å². The summed E-state index contributed by atoms with van der Waals surface area (Å²) in [7, 11) is 0. The lowest BCUT2D eigenvalue weighted by Gasteiger charge is -2.39. The topological polar surface area (TPSA) is 0 Å². The lowest BCUT2D eigenvalue weighted by Crippen LogP contribution is -2.31. The van der Waals surface area contributed by atoms with Gasteiger partial charge >= 0.3 is 0 Å². The van der Waals surface area contributed by atoms with Crippen molar-refractivity contribution in [1.29, 1.82) is 0 Å². The maximum Gasteiger partial charge on any atom is -0.0323 e. The minimum Gasteiger partial charge on any atom is -0.0625 e. The van der Waals surface area contributed by atoms with Gasteiger partial charge in [-0.15, -0.1) is 0 Å². The first-order valence-electron chi connectivity index (χ1n) is 9.84. The monoisotopic (exact) mass is 274 g/mol. The maximum atomic E-state index is 2.54. The van der Waals surface area contributed by atoms with E-state index in [-0.39, 0.29) is 0 Å². The zero-order chi connectivity index (χ0) is 13.5. The Morgan fingerprint density at radius 3 is 2.00 bits per heavy atom. The van der Waals surface area contributed by atoms with E-state index in [1.807, 2.05) is 0 Å². The highest BCUT2D eigenvalue weighted by atomic mass is 14.6. The van der Waals surface area contributed by atoms with Gasteiger partial charge in [-0.3, -0.25) is 0 Å². The molecule has 4 rings (SSSR count). The molecule has 0 N–H and O–H groups in total. The van der Waals surface area contributed by atoms with Crippen LogP contribution in [0.15, 0.2) is 0 Å². The Bertz CT molecular complexity index is 327. The van der Waals surface area contributed by atoms with Crippen LogP contribution in [-0.2, 0) is 0 Å². The molecular weight excluding hydrogens is 240 g/mol. The quantitative estimate of drug-likeness (QED) is 0.545. The third-order valence-electron chi connectivity index (χ3n) is 7.83. The van der Waals surface area contributed by atoms with Crippen molar-refractivity contribution in [3.05, 3.63) is 0 Å². The molecule has 0 aromatic heterocycles. The third-order valence-corrected chi connectivity index (χ3v) is 7.83. The van der Waals surface area contributed by atoms with Crippen LogP contribution in [0.2, 0.25) is 0 Å². The van der Waals surface area contributed by atoms with E-state index in [1.165, 1.54) is 6.42 Å². The molecule has 6 atom stereocenters. The molecule has 4 saturated carbocycles. The van der Waals surface area contributed by atoms with E-state index in [0.29, 0.717) is 0 Å². The van der Waals surface area contributed by atoms with Gasteiger partial charge in [-0.05, 0) is 67.1 Å². The van der Waals surface area contributed by atoms with Gasteiger partial charge in [-0.2, -0.15) is 0 Å². The molecule has 114 valence electrons. The van der Waals surface area contributed by atoms with Crippen LogP contribution in [0.4, 0.5) is 0 Å². The average Bonchev–Trinajstić information content (AvgIpc) is 2.81. The summed E-state index contributed by atoms with van der Waals surface area (Å²) in [6.07, 6.45) is 18.8. The summed E-state index contributed by atoms with van der Waals surface area (Å²) in [6, 6.07) is 0. The fourth-order valence-electron chi connectivity index (χ4n) is 7.16. The second kappa shape index (κ2) is 5.65. The number of hydrogen-bond acceptors (Lipinski definition) is 0. The lowest BCUT2D eigenvalue weighted by atomic mass is 9.66. The third kappa shape index (κ3) is 2.26. The Morgan fingerprint density at radius 1 is 0.550 bits per heavy atom. The maximum absolute atomic E-state index is 2.54. The normalized spacial score (nSPS) is 49.6. The minimum absolute atomic E-state index is 1.03. The first-order valence-corrected chi connectivity index (χ1v) is 9.84. The van der Waals surface area contributed by atoms with Crippen molar-refractivity contribution in [2.45, 2.75) is 84.0 Å². The van der Waals surface area contributed by atoms with Gasteiger partial charge in [0.25, 0.3) is 0 Å². The molecular formula is C20H34. The van der Waals surface area contributed by atoms with Gasteiger partial charge in [-0.1, -0.05) is 58.3 Å². The SMILES string of the molecule is CC1CCC2C3CCCCC3C(C3CCCCC3)C2C1. The molecule has 0 aromatic carbocycles. The molecule has 4 aliphatic rings. The van der Waals surface area contributed by atoms with Gasteiger partial charge < -0.3 is 0 Å². The summed E-state index contributed by atoms with van der Waals surface area (Å²) in [5.41, 5.74) is 0. The van der Waals surface area contributed by atoms with Crippen molar-refractivity contribution in [2.24, 2.45) is 41.4 Å². The van der Waals surface area contributed by atoms with Crippen LogP contribution in [-0.4, -0.2) is 0 Å². The van der Waals surface area contributed by atoms with Gasteiger partial charge in [0, 0.05) is 0 Å². The van der Waals surface area contributed by atoms with Crippen molar-refractivity contribution in [2.75, 3.05) is 0 Å². The standard InChI is InChI=1S/C20H34/c1-14-11-12-17-16-9-5-6-10-18(16)20(19(17)13-14)15-7-3-2-4-8-15/h14-20H,2-13H2,1H3. The molecule has 0 radical (unpaired) electrons. The largest absolute Gasteiger partial charge is 0.0625 e. The van der Waals surface area contributed by atoms with Crippen molar-refractivity contribution < 1.29 is 0 Å². The van der Waals surface area contributed by atoms with Gasteiger partial charge in [-0.25, -0.2) is 0 Å². The van der Waals surface area contributed by atoms with E-state index < -0.39 is 0 Å². The highest BCUT2D eigenvalue weighted by Gasteiger charge is 2.53. The molecule has 0 heterocycles. The van der Waals surface area contributed by atoms with Crippen LogP contribution in [0.1, 0.15) is 84.0 Å². The Morgan fingerprint density at radius 2 is 1.20 bits per heavy atom. The second-order valence-electron chi connectivity index (χ2n) is 8.83. The lowest BCUT2D eigenvalue weighted by molar-refractivity contribution is 0.105. The van der Waals surface area contributed by atoms with E-state index in [2.05, 4.69) is 6.92 Å². The van der Waals surface area contributed by atoms with Crippen LogP contribution >= 0.6 is 0 Å². The fraction of sp³-hybridized carbons (Fsp3) is 1.00. The Kier molecular flexibility index (Phi) is 3.86. The van der Waals surface area contributed by atoms with Gasteiger partial charge in [0.15, 0.2) is 0 Å². The van der Waals surface area contributed by atoms with Crippen LogP contribution in [0.25, 0.3) is 0 Å². The van der Waals surface area contributed by atoms with E-state index in [9.17, 15) is 0 Å². The molecule has 0 saturated heterocycles. The minimum atomic E-state index is 1.03. The van der Waals surface area contributed by atoms with Gasteiger partial charge in [0.1, 0.15) is 0 Å². The summed E-state index contributed by atoms with van der Waals surface area (Å²) < 4.78 is 0. The Hall–Kier alpha value is 0. The molecule has 0 aromatic rings. The molecule has 6 unspecified atom stereocenters. The number of rotatable bonds is 1. The molecule has 0 amide bonds. The molecule has 0 heteroatoms. The predicted molar refractivity (Wildman–Crippen MR) is 85.5 cm³/mol. The summed E-state index contributed by atoms with van der Waals surface area (Å²) in [6.45, 7) is 2.54. The molecule has 0 bridgehead atoms. The molecule has 0 nitrogen and oxygen atoms in total. The van der Waals surface area contributed by atoms with Crippen LogP contribution in [0, 0.1) is 41.4 Å². The number of fused-ring (bicyclic) bond motifs is 3. The highest BCUT2D eigenvalue weighted by Crippen LogP contribution is 2.61. The van der Waals surface area contributed by atoms with E-state index >= 15 is 0 Å². The van der Waals surface area contributed by atoms with E-state index in [4.69, 9.17) is 0 Å². The second-order valence-corrected chi connectivity index (χ2v) is 8.83. The summed E-state index contributed by atoms with van der Waals surface area (Å²) in [5, 5.41) is 0. The molecule has 20 heavy (non-hydrogen) atoms. The molecule has 0 spiro atoms. The van der Waals surface area contributed by atoms with Crippen LogP contribution in [0.3, 0.4) is 0 Å². The zero-order valence-corrected chi connectivity index (χ0v) is 13.5. The summed E-state index contributed by atoms with van der Waals surface area (Å²) in [4.78, 5) is 0. The summed E-state index contributed by atoms with van der Waals surface area (Å²) >= 11 is 0. The fourth-order valence-corrected chi connectivity index (χ4v) is 7.16. The first kappa shape index (κ1) is 13.6. The first-order chi connectivity index (χ1) is 9.84. The van der Waals surface area contributed by atoms with Crippen molar-refractivity contribution >= 4 is 0 Å². The zero-order valence-electron chi connectivity index (χ0n) is 13.5. The molecule has 4 fully saturated rings. The van der Waals surface area contributed by atoms with E-state index in [0.717, 1.165) is 41.4 Å². The Balaban J connectivity index is 1.59. The van der Waals surface area contributed by atoms with Crippen molar-refractivity contribution in [1.82, 2.24) is 0 Å². The van der Waals surface area contributed by atoms with Gasteiger partial charge in [0.05, 0.1) is 0 Å². The average molecular weight is 274 g/mol. The van der Waals surface area contributed by atoms with E-state index in [1.54, 1.807) is 70.6 Å². The van der Waals surface area contributed by atoms with Gasteiger partial charge in [0.2, 0.25) is 0 Å². The van der Waals surface area contributed by atoms with Crippen molar-refractivity contribution in [3.63, 3.8) is 0 Å². The molecule has 0 aliphatic heterocycles. The molecule has 4 aliphatic carbocycles. The van der Waals surface area contributed by atoms with Crippen LogP contribution < -0.4 is 0 Å². The van der Waals surface area contributed by atoms with Crippen molar-refractivity contribution in [3.8, 4) is 0 Å². The predicted octanol–water partition coefficient (Wildman–Crippen LogP) is 6.06. The smallest absolute Gasteiger partial charge is 0.0323 e. The number of hydrogen-bond donors (Lipinski definition) is 0. The highest BCUT2D eigenvalue weighted by molar-refractivity contribution is 5.02.